The van der Waals surface area contributed by atoms with Gasteiger partial charge in [0, 0.05) is 6.20 Å². The van der Waals surface area contributed by atoms with Crippen molar-refractivity contribution in [2.45, 2.75) is 13.3 Å². The number of para-hydroxylation sites is 1. The summed E-state index contributed by atoms with van der Waals surface area (Å²) in [5, 5.41) is 8.75. The molecule has 0 fully saturated rings. The zero-order chi connectivity index (χ0) is 12.0. The number of fused-ring (bicyclic) bond motifs is 3. The second-order valence-electron chi connectivity index (χ2n) is 3.98. The van der Waals surface area contributed by atoms with Gasteiger partial charge in [0.25, 0.3) is 0 Å². The average Bonchev–Trinajstić information content (AvgIpc) is 2.73. The first-order valence-corrected chi connectivity index (χ1v) is 6.04. The van der Waals surface area contributed by atoms with Crippen LogP contribution in [0.3, 0.4) is 0 Å². The summed E-state index contributed by atoms with van der Waals surface area (Å²) >= 11 is 1.58. The normalized spacial score (nSPS) is 11.4. The smallest absolute Gasteiger partial charge is 0.309 e. The third kappa shape index (κ3) is 1.59. The SMILES string of the molecule is Cc1cccc2sc3nc(CC(=O)O)cn3c12. The first kappa shape index (κ1) is 10.3. The van der Waals surface area contributed by atoms with Crippen LogP contribution in [0.25, 0.3) is 15.2 Å². The fraction of sp³-hybridized carbons (Fsp3) is 0.167. The maximum atomic E-state index is 10.7. The van der Waals surface area contributed by atoms with Gasteiger partial charge in [-0.2, -0.15) is 0 Å². The highest BCUT2D eigenvalue weighted by Gasteiger charge is 2.11. The standard InChI is InChI=1S/C12H10N2O2S/c1-7-3-2-4-9-11(7)14-6-8(5-10(15)16)13-12(14)17-9/h2-4,6H,5H2,1H3,(H,15,16). The van der Waals surface area contributed by atoms with Crippen LogP contribution in [0.5, 0.6) is 0 Å². The molecule has 0 aliphatic heterocycles. The van der Waals surface area contributed by atoms with Gasteiger partial charge < -0.3 is 5.11 Å². The second kappa shape index (κ2) is 3.56. The van der Waals surface area contributed by atoms with Crippen LogP contribution in [0.15, 0.2) is 24.4 Å². The molecule has 17 heavy (non-hydrogen) atoms. The number of imidazole rings is 1. The first-order chi connectivity index (χ1) is 8.15. The number of aliphatic carboxylic acids is 1. The number of thiazole rings is 1. The fourth-order valence-corrected chi connectivity index (χ4v) is 3.11. The number of rotatable bonds is 2. The van der Waals surface area contributed by atoms with Gasteiger partial charge in [-0.15, -0.1) is 0 Å². The predicted octanol–water partition coefficient (Wildman–Crippen LogP) is 2.48. The number of hydrogen-bond acceptors (Lipinski definition) is 3. The molecule has 3 aromatic rings. The summed E-state index contributed by atoms with van der Waals surface area (Å²) in [6.45, 7) is 2.05. The van der Waals surface area contributed by atoms with Crippen LogP contribution >= 0.6 is 11.3 Å². The number of hydrogen-bond donors (Lipinski definition) is 1. The molecule has 2 aromatic heterocycles. The van der Waals surface area contributed by atoms with Gasteiger partial charge in [0.05, 0.1) is 22.3 Å². The highest BCUT2D eigenvalue weighted by atomic mass is 32.1. The summed E-state index contributed by atoms with van der Waals surface area (Å²) < 4.78 is 3.16. The van der Waals surface area contributed by atoms with Crippen molar-refractivity contribution >= 4 is 32.5 Å². The predicted molar refractivity (Wildman–Crippen MR) is 66.7 cm³/mol. The fourth-order valence-electron chi connectivity index (χ4n) is 2.00. The summed E-state index contributed by atoms with van der Waals surface area (Å²) in [4.78, 5) is 15.8. The molecule has 0 radical (unpaired) electrons. The zero-order valence-corrected chi connectivity index (χ0v) is 9.99. The highest BCUT2D eigenvalue weighted by Crippen LogP contribution is 2.28. The lowest BCUT2D eigenvalue weighted by Gasteiger charge is -1.95. The zero-order valence-electron chi connectivity index (χ0n) is 9.17. The van der Waals surface area contributed by atoms with Crippen molar-refractivity contribution in [2.24, 2.45) is 0 Å². The second-order valence-corrected chi connectivity index (χ2v) is 4.99. The quantitative estimate of drug-likeness (QED) is 0.755. The summed E-state index contributed by atoms with van der Waals surface area (Å²) in [7, 11) is 0. The van der Waals surface area contributed by atoms with Gasteiger partial charge in [-0.1, -0.05) is 23.5 Å². The average molecular weight is 246 g/mol. The van der Waals surface area contributed by atoms with Crippen molar-refractivity contribution < 1.29 is 9.90 Å². The molecule has 0 saturated carbocycles. The van der Waals surface area contributed by atoms with Crippen LogP contribution in [-0.4, -0.2) is 20.5 Å². The molecular formula is C12H10N2O2S. The molecule has 1 N–H and O–H groups in total. The minimum atomic E-state index is -0.850. The van der Waals surface area contributed by atoms with E-state index >= 15 is 0 Å². The molecule has 0 aliphatic rings. The van der Waals surface area contributed by atoms with E-state index in [4.69, 9.17) is 5.11 Å². The lowest BCUT2D eigenvalue weighted by molar-refractivity contribution is -0.136. The highest BCUT2D eigenvalue weighted by molar-refractivity contribution is 7.23. The Morgan fingerprint density at radius 3 is 3.12 bits per heavy atom. The molecule has 86 valence electrons. The van der Waals surface area contributed by atoms with Crippen LogP contribution in [0.2, 0.25) is 0 Å². The number of benzene rings is 1. The Balaban J connectivity index is 2.27. The molecule has 0 unspecified atom stereocenters. The van der Waals surface area contributed by atoms with E-state index in [1.165, 1.54) is 10.3 Å². The van der Waals surface area contributed by atoms with Crippen molar-refractivity contribution in [2.75, 3.05) is 0 Å². The third-order valence-corrected chi connectivity index (χ3v) is 3.72. The minimum Gasteiger partial charge on any atom is -0.481 e. The first-order valence-electron chi connectivity index (χ1n) is 5.23. The molecule has 0 saturated heterocycles. The lowest BCUT2D eigenvalue weighted by Crippen LogP contribution is -1.99. The van der Waals surface area contributed by atoms with E-state index < -0.39 is 5.97 Å². The third-order valence-electron chi connectivity index (χ3n) is 2.70. The molecule has 0 aliphatic carbocycles. The van der Waals surface area contributed by atoms with Crippen LogP contribution in [0.4, 0.5) is 0 Å². The van der Waals surface area contributed by atoms with Gasteiger partial charge in [0.2, 0.25) is 0 Å². The minimum absolute atomic E-state index is 0.0260. The Morgan fingerprint density at radius 1 is 1.53 bits per heavy atom. The number of carbonyl (C=O) groups is 1. The Labute approximate surface area is 101 Å². The van der Waals surface area contributed by atoms with E-state index in [2.05, 4.69) is 11.1 Å². The van der Waals surface area contributed by atoms with Crippen molar-refractivity contribution in [3.8, 4) is 0 Å². The molecule has 3 rings (SSSR count). The maximum Gasteiger partial charge on any atom is 0.309 e. The number of carboxylic acids is 1. The van der Waals surface area contributed by atoms with E-state index in [-0.39, 0.29) is 6.42 Å². The maximum absolute atomic E-state index is 10.7. The number of carboxylic acid groups (broad SMARTS) is 1. The molecule has 0 atom stereocenters. The molecule has 0 spiro atoms. The van der Waals surface area contributed by atoms with Crippen LogP contribution in [0.1, 0.15) is 11.3 Å². The number of nitrogens with zero attached hydrogens (tertiary/aromatic N) is 2. The Morgan fingerprint density at radius 2 is 2.35 bits per heavy atom. The van der Waals surface area contributed by atoms with Gasteiger partial charge >= 0.3 is 5.97 Å². The topological polar surface area (TPSA) is 54.6 Å². The number of aryl methyl sites for hydroxylation is 1. The van der Waals surface area contributed by atoms with Crippen LogP contribution < -0.4 is 0 Å². The Kier molecular flexibility index (Phi) is 2.16. The van der Waals surface area contributed by atoms with E-state index in [1.807, 2.05) is 29.7 Å². The largest absolute Gasteiger partial charge is 0.481 e. The van der Waals surface area contributed by atoms with Crippen LogP contribution in [-0.2, 0) is 11.2 Å². The van der Waals surface area contributed by atoms with Crippen LogP contribution in [0, 0.1) is 6.92 Å². The Bertz CT molecular complexity index is 727. The summed E-state index contributed by atoms with van der Waals surface area (Å²) in [6, 6.07) is 6.12. The van der Waals surface area contributed by atoms with Gasteiger partial charge in [0.1, 0.15) is 0 Å². The van der Waals surface area contributed by atoms with Gasteiger partial charge in [-0.3, -0.25) is 9.20 Å². The summed E-state index contributed by atoms with van der Waals surface area (Å²) in [5.74, 6) is -0.850. The summed E-state index contributed by atoms with van der Waals surface area (Å²) in [5.41, 5.74) is 2.90. The van der Waals surface area contributed by atoms with Gasteiger partial charge in [-0.25, -0.2) is 4.98 Å². The summed E-state index contributed by atoms with van der Waals surface area (Å²) in [6.07, 6.45) is 1.79. The molecule has 1 aromatic carbocycles. The molecule has 0 amide bonds. The van der Waals surface area contributed by atoms with E-state index in [0.717, 1.165) is 10.5 Å². The molecule has 4 nitrogen and oxygen atoms in total. The number of aromatic nitrogens is 2. The van der Waals surface area contributed by atoms with Crippen molar-refractivity contribution in [3.05, 3.63) is 35.7 Å². The van der Waals surface area contributed by atoms with Crippen molar-refractivity contribution in [1.82, 2.24) is 9.38 Å². The van der Waals surface area contributed by atoms with E-state index in [9.17, 15) is 4.79 Å². The monoisotopic (exact) mass is 246 g/mol. The molecule has 2 heterocycles. The molecule has 0 bridgehead atoms. The Hall–Kier alpha value is -1.88. The molecule has 5 heteroatoms. The van der Waals surface area contributed by atoms with E-state index in [0.29, 0.717) is 5.69 Å². The molecular weight excluding hydrogens is 236 g/mol. The van der Waals surface area contributed by atoms with Crippen molar-refractivity contribution in [1.29, 1.82) is 0 Å². The lowest BCUT2D eigenvalue weighted by atomic mass is 10.2. The van der Waals surface area contributed by atoms with Gasteiger partial charge in [-0.05, 0) is 18.6 Å². The van der Waals surface area contributed by atoms with E-state index in [1.54, 1.807) is 11.3 Å². The van der Waals surface area contributed by atoms with Gasteiger partial charge in [0.15, 0.2) is 4.96 Å². The van der Waals surface area contributed by atoms with Crippen molar-refractivity contribution in [3.63, 3.8) is 0 Å².